The van der Waals surface area contributed by atoms with E-state index in [1.54, 1.807) is 4.90 Å². The van der Waals surface area contributed by atoms with Gasteiger partial charge in [0.1, 0.15) is 0 Å². The number of nitrogens with one attached hydrogen (secondary N) is 1. The number of nitrogens with zero attached hydrogens (tertiary/aromatic N) is 2. The summed E-state index contributed by atoms with van der Waals surface area (Å²) in [7, 11) is 0. The standard InChI is InChI=1S/C23H27N3O3S/c1-23(2)12-17-20(18(27)13-23)30-22(24-17)25-21(29)16-9-6-10-26(14-16)19(28)11-15-7-4-3-5-8-15/h3-5,7-8,16H,6,9-14H2,1-2H3,(H,24,25,29)/t16-/m0/s1. The number of anilines is 1. The maximum atomic E-state index is 12.8. The Kier molecular flexibility index (Phi) is 5.73. The first-order chi connectivity index (χ1) is 14.3. The summed E-state index contributed by atoms with van der Waals surface area (Å²) in [6.45, 7) is 5.24. The van der Waals surface area contributed by atoms with Crippen molar-refractivity contribution in [3.8, 4) is 0 Å². The van der Waals surface area contributed by atoms with Gasteiger partial charge < -0.3 is 10.2 Å². The van der Waals surface area contributed by atoms with Gasteiger partial charge in [-0.2, -0.15) is 0 Å². The van der Waals surface area contributed by atoms with Crippen molar-refractivity contribution < 1.29 is 14.4 Å². The zero-order chi connectivity index (χ0) is 21.3. The Morgan fingerprint density at radius 2 is 2.00 bits per heavy atom. The summed E-state index contributed by atoms with van der Waals surface area (Å²) in [5.74, 6) is -0.220. The Labute approximate surface area is 180 Å². The van der Waals surface area contributed by atoms with Crippen LogP contribution in [0.3, 0.4) is 0 Å². The molecular formula is C23H27N3O3S. The molecule has 30 heavy (non-hydrogen) atoms. The Hall–Kier alpha value is -2.54. The zero-order valence-electron chi connectivity index (χ0n) is 17.4. The number of carbonyl (C=O) groups is 3. The molecule has 0 spiro atoms. The Bertz CT molecular complexity index is 967. The average molecular weight is 426 g/mol. The van der Waals surface area contributed by atoms with Gasteiger partial charge in [-0.1, -0.05) is 55.5 Å². The number of fused-ring (bicyclic) bond motifs is 1. The van der Waals surface area contributed by atoms with Gasteiger partial charge in [-0.3, -0.25) is 14.4 Å². The van der Waals surface area contributed by atoms with Crippen LogP contribution in [0.2, 0.25) is 0 Å². The normalized spacial score (nSPS) is 20.5. The number of carbonyl (C=O) groups excluding carboxylic acids is 3. The van der Waals surface area contributed by atoms with Gasteiger partial charge in [-0.25, -0.2) is 4.98 Å². The van der Waals surface area contributed by atoms with E-state index in [0.717, 1.165) is 30.5 Å². The van der Waals surface area contributed by atoms with Gasteiger partial charge >= 0.3 is 0 Å². The molecule has 1 saturated heterocycles. The lowest BCUT2D eigenvalue weighted by atomic mass is 9.78. The molecule has 1 N–H and O–H groups in total. The molecule has 1 aromatic heterocycles. The first-order valence-electron chi connectivity index (χ1n) is 10.5. The van der Waals surface area contributed by atoms with Gasteiger partial charge in [0.25, 0.3) is 0 Å². The van der Waals surface area contributed by atoms with Gasteiger partial charge in [0.15, 0.2) is 10.9 Å². The lowest BCUT2D eigenvalue weighted by Crippen LogP contribution is -2.44. The third-order valence-corrected chi connectivity index (χ3v) is 6.86. The smallest absolute Gasteiger partial charge is 0.231 e. The topological polar surface area (TPSA) is 79.4 Å². The molecular weight excluding hydrogens is 398 g/mol. The minimum Gasteiger partial charge on any atom is -0.342 e. The number of hydrogen-bond donors (Lipinski definition) is 1. The lowest BCUT2D eigenvalue weighted by molar-refractivity contribution is -0.133. The molecule has 1 aliphatic heterocycles. The molecule has 2 aromatic rings. The van der Waals surface area contributed by atoms with Crippen molar-refractivity contribution in [3.05, 3.63) is 46.5 Å². The number of rotatable bonds is 4. The second kappa shape index (κ2) is 8.30. The number of piperidine rings is 1. The fraction of sp³-hybridized carbons (Fsp3) is 0.478. The van der Waals surface area contributed by atoms with E-state index >= 15 is 0 Å². The first kappa shape index (κ1) is 20.7. The third kappa shape index (κ3) is 4.61. The fourth-order valence-corrected chi connectivity index (χ4v) is 5.20. The summed E-state index contributed by atoms with van der Waals surface area (Å²) in [5, 5.41) is 3.39. The van der Waals surface area contributed by atoms with Crippen LogP contribution in [0.15, 0.2) is 30.3 Å². The van der Waals surface area contributed by atoms with Gasteiger partial charge in [-0.15, -0.1) is 0 Å². The van der Waals surface area contributed by atoms with Crippen molar-refractivity contribution in [3.63, 3.8) is 0 Å². The van der Waals surface area contributed by atoms with Crippen molar-refractivity contribution in [1.29, 1.82) is 0 Å². The molecule has 7 heteroatoms. The average Bonchev–Trinajstić information content (AvgIpc) is 3.10. The molecule has 6 nitrogen and oxygen atoms in total. The maximum Gasteiger partial charge on any atom is 0.231 e. The van der Waals surface area contributed by atoms with Crippen LogP contribution in [0.25, 0.3) is 0 Å². The molecule has 1 aromatic carbocycles. The second-order valence-electron chi connectivity index (χ2n) is 9.07. The Morgan fingerprint density at radius 3 is 2.77 bits per heavy atom. The van der Waals surface area contributed by atoms with E-state index < -0.39 is 0 Å². The predicted octanol–water partition coefficient (Wildman–Crippen LogP) is 3.72. The number of likely N-dealkylation sites (tertiary alicyclic amines) is 1. The van der Waals surface area contributed by atoms with Crippen LogP contribution in [-0.4, -0.2) is 40.6 Å². The van der Waals surface area contributed by atoms with E-state index in [1.807, 2.05) is 30.3 Å². The van der Waals surface area contributed by atoms with E-state index in [1.165, 1.54) is 11.3 Å². The lowest BCUT2D eigenvalue weighted by Gasteiger charge is -2.32. The summed E-state index contributed by atoms with van der Waals surface area (Å²) >= 11 is 1.27. The van der Waals surface area contributed by atoms with Crippen LogP contribution in [-0.2, 0) is 22.4 Å². The summed E-state index contributed by atoms with van der Waals surface area (Å²) in [4.78, 5) is 44.9. The van der Waals surface area contributed by atoms with E-state index in [4.69, 9.17) is 0 Å². The minimum absolute atomic E-state index is 0.0521. The number of amides is 2. The van der Waals surface area contributed by atoms with Crippen LogP contribution >= 0.6 is 11.3 Å². The summed E-state index contributed by atoms with van der Waals surface area (Å²) in [5.41, 5.74) is 1.68. The highest BCUT2D eigenvalue weighted by Gasteiger charge is 2.35. The van der Waals surface area contributed by atoms with E-state index in [2.05, 4.69) is 24.1 Å². The molecule has 2 aliphatic rings. The van der Waals surface area contributed by atoms with Crippen molar-refractivity contribution in [2.24, 2.45) is 11.3 Å². The minimum atomic E-state index is -0.258. The highest BCUT2D eigenvalue weighted by molar-refractivity contribution is 7.17. The van der Waals surface area contributed by atoms with Crippen LogP contribution in [0.5, 0.6) is 0 Å². The van der Waals surface area contributed by atoms with Crippen molar-refractivity contribution in [2.75, 3.05) is 18.4 Å². The molecule has 1 atom stereocenters. The quantitative estimate of drug-likeness (QED) is 0.810. The maximum absolute atomic E-state index is 12.8. The SMILES string of the molecule is CC1(C)CC(=O)c2sc(NC(=O)[C@H]3CCCN(C(=O)Cc4ccccc4)C3)nc2C1. The highest BCUT2D eigenvalue weighted by Crippen LogP contribution is 2.38. The molecule has 0 bridgehead atoms. The monoisotopic (exact) mass is 425 g/mol. The van der Waals surface area contributed by atoms with Gasteiger partial charge in [0, 0.05) is 19.5 Å². The van der Waals surface area contributed by atoms with Gasteiger partial charge in [-0.05, 0) is 30.2 Å². The zero-order valence-corrected chi connectivity index (χ0v) is 18.3. The van der Waals surface area contributed by atoms with Gasteiger partial charge in [0.05, 0.1) is 22.9 Å². The number of thiazole rings is 1. The molecule has 158 valence electrons. The molecule has 4 rings (SSSR count). The van der Waals surface area contributed by atoms with E-state index in [0.29, 0.717) is 35.9 Å². The van der Waals surface area contributed by atoms with Crippen molar-refractivity contribution >= 4 is 34.1 Å². The molecule has 2 heterocycles. The van der Waals surface area contributed by atoms with Crippen LogP contribution < -0.4 is 5.32 Å². The number of ketones is 1. The fourth-order valence-electron chi connectivity index (χ4n) is 4.28. The largest absolute Gasteiger partial charge is 0.342 e. The molecule has 2 amide bonds. The summed E-state index contributed by atoms with van der Waals surface area (Å²) < 4.78 is 0. The third-order valence-electron chi connectivity index (χ3n) is 5.81. The highest BCUT2D eigenvalue weighted by atomic mass is 32.1. The summed E-state index contributed by atoms with van der Waals surface area (Å²) in [6, 6.07) is 9.67. The Balaban J connectivity index is 1.38. The van der Waals surface area contributed by atoms with Crippen LogP contribution in [0, 0.1) is 11.3 Å². The molecule has 1 fully saturated rings. The van der Waals surface area contributed by atoms with Crippen molar-refractivity contribution in [2.45, 2.75) is 46.0 Å². The number of Topliss-reactive ketones (excluding diaryl/α,β-unsaturated/α-hetero) is 1. The van der Waals surface area contributed by atoms with Crippen LogP contribution in [0.4, 0.5) is 5.13 Å². The molecule has 0 radical (unpaired) electrons. The van der Waals surface area contributed by atoms with Crippen molar-refractivity contribution in [1.82, 2.24) is 9.88 Å². The van der Waals surface area contributed by atoms with Crippen LogP contribution in [0.1, 0.15) is 54.0 Å². The molecule has 0 saturated carbocycles. The first-order valence-corrected chi connectivity index (χ1v) is 11.3. The molecule has 0 unspecified atom stereocenters. The Morgan fingerprint density at radius 1 is 1.23 bits per heavy atom. The number of hydrogen-bond acceptors (Lipinski definition) is 5. The summed E-state index contributed by atoms with van der Waals surface area (Å²) in [6.07, 6.45) is 3.16. The number of benzene rings is 1. The number of aromatic nitrogens is 1. The second-order valence-corrected chi connectivity index (χ2v) is 10.1. The van der Waals surface area contributed by atoms with E-state index in [9.17, 15) is 14.4 Å². The van der Waals surface area contributed by atoms with Gasteiger partial charge in [0.2, 0.25) is 11.8 Å². The van der Waals surface area contributed by atoms with E-state index in [-0.39, 0.29) is 28.9 Å². The predicted molar refractivity (Wildman–Crippen MR) is 117 cm³/mol. The molecule has 1 aliphatic carbocycles.